The molecule has 1 unspecified atom stereocenters. The molecule has 5 aromatic rings. The van der Waals surface area contributed by atoms with E-state index in [1.54, 1.807) is 12.4 Å². The highest BCUT2D eigenvalue weighted by molar-refractivity contribution is 7.09. The lowest BCUT2D eigenvalue weighted by Gasteiger charge is -2.35. The summed E-state index contributed by atoms with van der Waals surface area (Å²) in [5, 5.41) is 4.40. The van der Waals surface area contributed by atoms with Gasteiger partial charge in [-0.3, -0.25) is 14.2 Å². The van der Waals surface area contributed by atoms with E-state index in [9.17, 15) is 4.79 Å². The van der Waals surface area contributed by atoms with Gasteiger partial charge in [-0.2, -0.15) is 9.36 Å². The van der Waals surface area contributed by atoms with Gasteiger partial charge in [-0.1, -0.05) is 42.5 Å². The molecule has 7 rings (SSSR count). The lowest BCUT2D eigenvalue weighted by atomic mass is 10.1. The van der Waals surface area contributed by atoms with Crippen LogP contribution in [0.5, 0.6) is 0 Å². The van der Waals surface area contributed by atoms with Crippen LogP contribution < -0.4 is 15.1 Å². The number of benzene rings is 2. The standard InChI is InChI=1S/C31H33N9OS/c1-22(30(41)38-17-19-39(20-18-38)31-35-28(36-42-31)24-7-3-2-4-8-24)33-29-27(34-26-21-32-13-16-40(26)29)23-9-11-25(12-10-23)37-14-5-6-15-37/h2-4,7-13,16,21-22,33H,5-6,14-15,17-20H2,1H3. The predicted octanol–water partition coefficient (Wildman–Crippen LogP) is 4.66. The maximum atomic E-state index is 13.6. The van der Waals surface area contributed by atoms with Gasteiger partial charge in [-0.25, -0.2) is 4.98 Å². The van der Waals surface area contributed by atoms with E-state index in [0.29, 0.717) is 13.1 Å². The van der Waals surface area contributed by atoms with Gasteiger partial charge in [0.25, 0.3) is 0 Å². The van der Waals surface area contributed by atoms with Crippen molar-refractivity contribution in [3.05, 3.63) is 73.2 Å². The molecule has 0 spiro atoms. The molecule has 10 nitrogen and oxygen atoms in total. The molecular formula is C31H33N9OS. The number of carbonyl (C=O) groups excluding carboxylic acids is 1. The molecule has 2 fully saturated rings. The van der Waals surface area contributed by atoms with Gasteiger partial charge in [0.2, 0.25) is 11.0 Å². The van der Waals surface area contributed by atoms with Crippen LogP contribution in [0.1, 0.15) is 19.8 Å². The molecule has 3 aromatic heterocycles. The second-order valence-corrected chi connectivity index (χ2v) is 11.5. The highest BCUT2D eigenvalue weighted by Crippen LogP contribution is 2.32. The monoisotopic (exact) mass is 579 g/mol. The number of anilines is 3. The summed E-state index contributed by atoms with van der Waals surface area (Å²) >= 11 is 1.41. The minimum absolute atomic E-state index is 0.0659. The first-order valence-electron chi connectivity index (χ1n) is 14.5. The number of aromatic nitrogens is 5. The Kier molecular flexibility index (Phi) is 7.16. The van der Waals surface area contributed by atoms with Crippen molar-refractivity contribution in [2.45, 2.75) is 25.8 Å². The molecule has 1 amide bonds. The van der Waals surface area contributed by atoms with Crippen LogP contribution in [0.2, 0.25) is 0 Å². The van der Waals surface area contributed by atoms with Crippen molar-refractivity contribution in [2.24, 2.45) is 0 Å². The molecule has 5 heterocycles. The lowest BCUT2D eigenvalue weighted by Crippen LogP contribution is -2.52. The highest BCUT2D eigenvalue weighted by Gasteiger charge is 2.28. The lowest BCUT2D eigenvalue weighted by molar-refractivity contribution is -0.131. The Morgan fingerprint density at radius 2 is 1.64 bits per heavy atom. The van der Waals surface area contributed by atoms with Crippen molar-refractivity contribution in [1.29, 1.82) is 0 Å². The summed E-state index contributed by atoms with van der Waals surface area (Å²) in [7, 11) is 0. The van der Waals surface area contributed by atoms with Gasteiger partial charge in [0.1, 0.15) is 17.6 Å². The van der Waals surface area contributed by atoms with E-state index in [0.717, 1.165) is 65.4 Å². The Morgan fingerprint density at radius 1 is 0.881 bits per heavy atom. The number of fused-ring (bicyclic) bond motifs is 1. The summed E-state index contributed by atoms with van der Waals surface area (Å²) in [6.07, 6.45) is 7.85. The van der Waals surface area contributed by atoms with E-state index in [-0.39, 0.29) is 5.91 Å². The van der Waals surface area contributed by atoms with Crippen molar-refractivity contribution in [1.82, 2.24) is 28.6 Å². The van der Waals surface area contributed by atoms with Crippen molar-refractivity contribution in [2.75, 3.05) is 54.4 Å². The summed E-state index contributed by atoms with van der Waals surface area (Å²) < 4.78 is 6.52. The maximum absolute atomic E-state index is 13.6. The molecule has 0 bridgehead atoms. The zero-order valence-electron chi connectivity index (χ0n) is 23.6. The predicted molar refractivity (Wildman–Crippen MR) is 167 cm³/mol. The fourth-order valence-corrected chi connectivity index (χ4v) is 6.50. The Bertz CT molecular complexity index is 1670. The molecule has 0 radical (unpaired) electrons. The smallest absolute Gasteiger partial charge is 0.244 e. The summed E-state index contributed by atoms with van der Waals surface area (Å²) in [6.45, 7) is 6.84. The van der Waals surface area contributed by atoms with Gasteiger partial charge in [0.15, 0.2) is 11.5 Å². The molecular weight excluding hydrogens is 546 g/mol. The zero-order valence-corrected chi connectivity index (χ0v) is 24.4. The third-order valence-corrected chi connectivity index (χ3v) is 8.85. The topological polar surface area (TPSA) is 94.8 Å². The minimum Gasteiger partial charge on any atom is -0.372 e. The van der Waals surface area contributed by atoms with E-state index in [4.69, 9.17) is 9.97 Å². The van der Waals surface area contributed by atoms with Crippen molar-refractivity contribution >= 4 is 39.7 Å². The number of nitrogens with one attached hydrogen (secondary N) is 1. The van der Waals surface area contributed by atoms with E-state index in [2.05, 4.69) is 48.7 Å². The fourth-order valence-electron chi connectivity index (χ4n) is 5.76. The maximum Gasteiger partial charge on any atom is 0.244 e. The molecule has 1 N–H and O–H groups in total. The summed E-state index contributed by atoms with van der Waals surface area (Å²) in [6, 6.07) is 18.2. The summed E-state index contributed by atoms with van der Waals surface area (Å²) in [4.78, 5) is 34.1. The molecule has 1 atom stereocenters. The second-order valence-electron chi connectivity index (χ2n) is 10.8. The number of amides is 1. The van der Waals surface area contributed by atoms with Crippen LogP contribution >= 0.6 is 11.5 Å². The molecule has 2 aromatic carbocycles. The van der Waals surface area contributed by atoms with Gasteiger partial charge < -0.3 is 20.0 Å². The highest BCUT2D eigenvalue weighted by atomic mass is 32.1. The largest absolute Gasteiger partial charge is 0.372 e. The van der Waals surface area contributed by atoms with E-state index in [1.807, 2.05) is 52.8 Å². The van der Waals surface area contributed by atoms with Gasteiger partial charge in [-0.15, -0.1) is 0 Å². The van der Waals surface area contributed by atoms with Crippen LogP contribution in [0.25, 0.3) is 28.3 Å². The van der Waals surface area contributed by atoms with Gasteiger partial charge >= 0.3 is 0 Å². The Morgan fingerprint density at radius 3 is 2.40 bits per heavy atom. The average Bonchev–Trinajstić information content (AvgIpc) is 3.83. The van der Waals surface area contributed by atoms with Crippen molar-refractivity contribution in [3.8, 4) is 22.6 Å². The summed E-state index contributed by atoms with van der Waals surface area (Å²) in [5.41, 5.74) is 4.80. The van der Waals surface area contributed by atoms with Crippen LogP contribution in [0.3, 0.4) is 0 Å². The molecule has 42 heavy (non-hydrogen) atoms. The second kappa shape index (κ2) is 11.4. The summed E-state index contributed by atoms with van der Waals surface area (Å²) in [5.74, 6) is 1.61. The van der Waals surface area contributed by atoms with E-state index in [1.165, 1.54) is 30.1 Å². The first-order valence-corrected chi connectivity index (χ1v) is 15.3. The molecule has 0 aliphatic carbocycles. The fraction of sp³-hybridized carbons (Fsp3) is 0.323. The van der Waals surface area contributed by atoms with Crippen LogP contribution in [0.15, 0.2) is 73.2 Å². The first kappa shape index (κ1) is 26.4. The van der Waals surface area contributed by atoms with E-state index < -0.39 is 6.04 Å². The van der Waals surface area contributed by atoms with Gasteiger partial charge in [-0.05, 0) is 31.9 Å². The SMILES string of the molecule is CC(Nc1c(-c2ccc(N3CCCC3)cc2)nc2cnccn12)C(=O)N1CCN(c2nc(-c3ccccc3)ns2)CC1. The zero-order chi connectivity index (χ0) is 28.5. The number of hydrogen-bond donors (Lipinski definition) is 1. The van der Waals surface area contributed by atoms with Gasteiger partial charge in [0.05, 0.1) is 6.20 Å². The Hall–Kier alpha value is -4.51. The van der Waals surface area contributed by atoms with Crippen LogP contribution in [-0.4, -0.2) is 79.8 Å². The molecule has 2 aliphatic rings. The molecule has 0 saturated carbocycles. The minimum atomic E-state index is -0.432. The third kappa shape index (κ3) is 5.16. The van der Waals surface area contributed by atoms with Crippen LogP contribution in [0.4, 0.5) is 16.6 Å². The molecule has 2 saturated heterocycles. The number of nitrogens with zero attached hydrogens (tertiary/aromatic N) is 8. The Balaban J connectivity index is 1.04. The van der Waals surface area contributed by atoms with E-state index >= 15 is 0 Å². The quantitative estimate of drug-likeness (QED) is 0.298. The van der Waals surface area contributed by atoms with Crippen LogP contribution in [-0.2, 0) is 4.79 Å². The molecule has 11 heteroatoms. The number of carbonyl (C=O) groups is 1. The number of hydrogen-bond acceptors (Lipinski definition) is 9. The van der Waals surface area contributed by atoms with Crippen molar-refractivity contribution < 1.29 is 4.79 Å². The van der Waals surface area contributed by atoms with Crippen molar-refractivity contribution in [3.63, 3.8) is 0 Å². The molecule has 214 valence electrons. The van der Waals surface area contributed by atoms with Gasteiger partial charge in [0, 0.05) is 80.0 Å². The normalized spacial score (nSPS) is 16.3. The Labute approximate surface area is 248 Å². The molecule has 2 aliphatic heterocycles. The number of imidazole rings is 1. The third-order valence-electron chi connectivity index (χ3n) is 8.07. The number of rotatable bonds is 7. The first-order chi connectivity index (χ1) is 20.6. The van der Waals surface area contributed by atoms with Crippen LogP contribution in [0, 0.1) is 0 Å². The average molecular weight is 580 g/mol. The number of piperazine rings is 1.